The van der Waals surface area contributed by atoms with Gasteiger partial charge in [0.05, 0.1) is 0 Å². The second-order valence-electron chi connectivity index (χ2n) is 1.63. The molecule has 0 heterocycles. The predicted octanol–water partition coefficient (Wildman–Crippen LogP) is -5.36. The maximum atomic E-state index is 8.52. The number of rotatable bonds is 0. The monoisotopic (exact) mass is 559 g/mol. The van der Waals surface area contributed by atoms with Crippen LogP contribution in [0.15, 0.2) is 0 Å². The van der Waals surface area contributed by atoms with Gasteiger partial charge < -0.3 is 36.4 Å². The fourth-order valence-electron chi connectivity index (χ4n) is 0. The average Bonchev–Trinajstić information content (AvgIpc) is 1.62. The first-order valence-electron chi connectivity index (χ1n) is 2.67. The molecule has 3 radical (unpaired) electrons. The second-order valence-corrected chi connectivity index (χ2v) is 4.90. The zero-order chi connectivity index (χ0) is 18.0. The van der Waals surface area contributed by atoms with Crippen LogP contribution >= 0.6 is 0 Å². The maximum absolute atomic E-state index is 8.52. The van der Waals surface area contributed by atoms with Crippen LogP contribution in [-0.4, -0.2) is 70.1 Å². The molecule has 0 N–H and O–H groups in total. The Morgan fingerprint density at radius 3 is 0.348 bits per heavy atom. The summed E-state index contributed by atoms with van der Waals surface area (Å²) in [5.74, 6) is 0. The predicted molar refractivity (Wildman–Crippen MR) is 41.9 cm³/mol. The Labute approximate surface area is 162 Å². The molecule has 0 aromatic rings. The van der Waals surface area contributed by atoms with Crippen LogP contribution in [0.2, 0.25) is 0 Å². The Morgan fingerprint density at radius 1 is 0.348 bits per heavy atom. The third-order valence-corrected chi connectivity index (χ3v) is 0. The van der Waals surface area contributed by atoms with Crippen molar-refractivity contribution in [1.29, 1.82) is 0 Å². The van der Waals surface area contributed by atoms with Crippen molar-refractivity contribution in [1.82, 2.24) is 0 Å². The Hall–Kier alpha value is 1.04. The largest absolute Gasteiger partial charge is 3.00 e. The van der Waals surface area contributed by atoms with E-state index in [1.54, 1.807) is 0 Å². The topological polar surface area (TPSA) is 321 Å². The van der Waals surface area contributed by atoms with Crippen molar-refractivity contribution in [3.8, 4) is 0 Å². The van der Waals surface area contributed by atoms with Gasteiger partial charge in [0.1, 0.15) is 0 Å². The summed E-state index contributed by atoms with van der Waals surface area (Å²) >= 11 is 0. The molecule has 16 nitrogen and oxygen atoms in total. The van der Waals surface area contributed by atoms with Gasteiger partial charge in [-0.1, -0.05) is 0 Å². The van der Waals surface area contributed by atoms with E-state index in [9.17, 15) is 0 Å². The van der Waals surface area contributed by atoms with Crippen LogP contribution < -0.4 is 0 Å². The van der Waals surface area contributed by atoms with Crippen molar-refractivity contribution in [2.45, 2.75) is 0 Å². The quantitative estimate of drug-likeness (QED) is 0.152. The molecule has 0 aromatic carbocycles. The normalized spacial score (nSPS) is 10.1. The molecule has 23 heteroatoms. The summed E-state index contributed by atoms with van der Waals surface area (Å²) in [6.07, 6.45) is 0. The minimum absolute atomic E-state index is 0. The summed E-state index contributed by atoms with van der Waals surface area (Å²) in [7, 11) is -20.7. The molecule has 0 bridgehead atoms. The van der Waals surface area contributed by atoms with Gasteiger partial charge in [-0.2, -0.15) is 0 Å². The Morgan fingerprint density at radius 2 is 0.348 bits per heavy atom. The van der Waals surface area contributed by atoms with Gasteiger partial charge in [-0.15, -0.1) is 0 Å². The van der Waals surface area contributed by atoms with Gasteiger partial charge in [-0.25, -0.2) is 0 Å². The molecular weight excluding hydrogens is 559 g/mol. The molecule has 0 aliphatic heterocycles. The van der Waals surface area contributed by atoms with Gasteiger partial charge in [0, 0.05) is 41.6 Å². The van der Waals surface area contributed by atoms with Crippen LogP contribution in [0.5, 0.6) is 0 Å². The van der Waals surface area contributed by atoms with E-state index in [0.29, 0.717) is 0 Å². The summed E-state index contributed by atoms with van der Waals surface area (Å²) in [6.45, 7) is 0. The van der Waals surface area contributed by atoms with Crippen molar-refractivity contribution < 1.29 is 121 Å². The van der Waals surface area contributed by atoms with Gasteiger partial charge in [0.15, 0.2) is 0 Å². The van der Waals surface area contributed by atoms with Crippen LogP contribution in [0.3, 0.4) is 0 Å². The van der Waals surface area contributed by atoms with E-state index in [2.05, 4.69) is 0 Å². The van der Waals surface area contributed by atoms with Gasteiger partial charge in [-0.05, 0) is 0 Å². The first-order valence-corrected chi connectivity index (χ1v) is 8.00. The second kappa shape index (κ2) is 17.8. The standard InChI is InChI=1S/Cu.2Fe.4H2O4S/c;;;4*1-5(2,3)4/h;;;4*(H2,1,2,3,4)/q+2;2*+3;;;;/p-8. The molecule has 0 rings (SSSR count). The third kappa shape index (κ3) is 9460. The third-order valence-electron chi connectivity index (χ3n) is 0. The minimum atomic E-state index is -5.17. The minimum Gasteiger partial charge on any atom is -0.759 e. The van der Waals surface area contributed by atoms with Crippen LogP contribution in [0.4, 0.5) is 0 Å². The van der Waals surface area contributed by atoms with E-state index in [1.807, 2.05) is 0 Å². The van der Waals surface area contributed by atoms with Gasteiger partial charge >= 0.3 is 51.2 Å². The zero-order valence-electron chi connectivity index (χ0n) is 9.17. The molecule has 0 amide bonds. The number of hydrogen-bond acceptors (Lipinski definition) is 16. The van der Waals surface area contributed by atoms with Crippen molar-refractivity contribution in [2.24, 2.45) is 0 Å². The molecule has 0 fully saturated rings. The molecule has 0 saturated carbocycles. The van der Waals surface area contributed by atoms with Crippen molar-refractivity contribution in [3.05, 3.63) is 0 Å². The molecule has 0 aromatic heterocycles. The Balaban J connectivity index is -0.0000000284. The average molecular weight is 559 g/mol. The SMILES string of the molecule is O=S(=O)([O-])[O-].O=S(=O)([O-])[O-].O=S(=O)([O-])[O-].O=S(=O)([O-])[O-].[Cu+2].[Fe+3].[Fe+3]. The van der Waals surface area contributed by atoms with Crippen molar-refractivity contribution in [2.75, 3.05) is 0 Å². The van der Waals surface area contributed by atoms with E-state index >= 15 is 0 Å². The zero-order valence-corrected chi connectivity index (χ0v) is 15.6. The molecule has 147 valence electrons. The van der Waals surface area contributed by atoms with Crippen LogP contribution in [0.25, 0.3) is 0 Å². The van der Waals surface area contributed by atoms with E-state index in [-0.39, 0.29) is 51.2 Å². The summed E-state index contributed by atoms with van der Waals surface area (Å²) in [4.78, 5) is 0. The summed E-state index contributed by atoms with van der Waals surface area (Å²) in [5.41, 5.74) is 0. The van der Waals surface area contributed by atoms with E-state index in [1.165, 1.54) is 0 Å². The van der Waals surface area contributed by atoms with Crippen LogP contribution in [-0.2, 0) is 92.8 Å². The Kier molecular flexibility index (Phi) is 34.1. The van der Waals surface area contributed by atoms with Crippen LogP contribution in [0.1, 0.15) is 0 Å². The smallest absolute Gasteiger partial charge is 0.759 e. The first-order chi connectivity index (χ1) is 8.00. The summed E-state index contributed by atoms with van der Waals surface area (Å²) < 4.78 is 136. The molecule has 0 saturated heterocycles. The van der Waals surface area contributed by atoms with Gasteiger partial charge in [-0.3, -0.25) is 33.7 Å². The molecule has 23 heavy (non-hydrogen) atoms. The molecular formula is CuFe2O16S4. The fraction of sp³-hybridized carbons (Fsp3) is 0. The van der Waals surface area contributed by atoms with Crippen LogP contribution in [0, 0.1) is 0 Å². The molecule has 0 aliphatic carbocycles. The molecule has 0 spiro atoms. The molecule has 0 atom stereocenters. The molecule has 0 unspecified atom stereocenters. The summed E-state index contributed by atoms with van der Waals surface area (Å²) in [6, 6.07) is 0. The van der Waals surface area contributed by atoms with E-state index in [4.69, 9.17) is 70.1 Å². The maximum Gasteiger partial charge on any atom is 3.00 e. The van der Waals surface area contributed by atoms with Gasteiger partial charge in [0.2, 0.25) is 0 Å². The van der Waals surface area contributed by atoms with Crippen molar-refractivity contribution in [3.63, 3.8) is 0 Å². The first kappa shape index (κ1) is 43.9. The summed E-state index contributed by atoms with van der Waals surface area (Å²) in [5, 5.41) is 0. The molecule has 0 aliphatic rings. The number of hydrogen-bond donors (Lipinski definition) is 0. The van der Waals surface area contributed by atoms with Crippen molar-refractivity contribution >= 4 is 41.6 Å². The fourth-order valence-corrected chi connectivity index (χ4v) is 0. The van der Waals surface area contributed by atoms with E-state index in [0.717, 1.165) is 0 Å². The van der Waals surface area contributed by atoms with E-state index < -0.39 is 41.6 Å². The Bertz CT molecular complexity index is 483. The van der Waals surface area contributed by atoms with Gasteiger partial charge in [0.25, 0.3) is 0 Å².